The van der Waals surface area contributed by atoms with Gasteiger partial charge in [-0.05, 0) is 41.3 Å². The number of carbonyl (C=O) groups excluding carboxylic acids is 1. The first-order chi connectivity index (χ1) is 14.6. The molecule has 0 saturated carbocycles. The Balaban J connectivity index is 1.35. The van der Waals surface area contributed by atoms with E-state index in [9.17, 15) is 4.79 Å². The number of para-hydroxylation sites is 1. The van der Waals surface area contributed by atoms with Crippen LogP contribution in [-0.2, 0) is 4.79 Å². The summed E-state index contributed by atoms with van der Waals surface area (Å²) in [4.78, 5) is 17.9. The molecule has 2 aromatic rings. The lowest BCUT2D eigenvalue weighted by Crippen LogP contribution is -2.35. The summed E-state index contributed by atoms with van der Waals surface area (Å²) in [7, 11) is 0. The van der Waals surface area contributed by atoms with Gasteiger partial charge in [-0.15, -0.1) is 0 Å². The molecule has 0 aliphatic carbocycles. The van der Waals surface area contributed by atoms with Crippen molar-refractivity contribution >= 4 is 46.3 Å². The average Bonchev–Trinajstić information content (AvgIpc) is 3.21. The van der Waals surface area contributed by atoms with E-state index >= 15 is 0 Å². The lowest BCUT2D eigenvalue weighted by atomic mass is 10.1. The maximum absolute atomic E-state index is 12.3. The van der Waals surface area contributed by atoms with E-state index in [1.54, 1.807) is 40.8 Å². The molecule has 2 aliphatic heterocycles. The number of thioether (sulfide) groups is 1. The lowest BCUT2D eigenvalue weighted by Gasteiger charge is -2.22. The summed E-state index contributed by atoms with van der Waals surface area (Å²) >= 11 is 7.66. The zero-order valence-corrected chi connectivity index (χ0v) is 17.4. The van der Waals surface area contributed by atoms with E-state index in [0.29, 0.717) is 41.1 Å². The minimum absolute atomic E-state index is 0.0983. The molecule has 1 N–H and O–H groups in total. The van der Waals surface area contributed by atoms with Crippen molar-refractivity contribution in [2.75, 3.05) is 13.2 Å². The summed E-state index contributed by atoms with van der Waals surface area (Å²) in [6.07, 6.45) is 4.05. The summed E-state index contributed by atoms with van der Waals surface area (Å²) in [5, 5.41) is 11.0. The molecule has 0 aromatic heterocycles. The molecule has 2 aliphatic rings. The van der Waals surface area contributed by atoms with Crippen LogP contribution in [0.3, 0.4) is 0 Å². The first-order valence-electron chi connectivity index (χ1n) is 9.28. The maximum atomic E-state index is 12.3. The summed E-state index contributed by atoms with van der Waals surface area (Å²) < 4.78 is 11.4. The van der Waals surface area contributed by atoms with Gasteiger partial charge in [-0.2, -0.15) is 4.99 Å². The predicted octanol–water partition coefficient (Wildman–Crippen LogP) is 4.96. The molecule has 0 fully saturated rings. The molecule has 0 radical (unpaired) electrons. The molecule has 30 heavy (non-hydrogen) atoms. The number of ether oxygens (including phenoxy) is 2. The number of aliphatic imine (C=N–C) groups is 1. The Morgan fingerprint density at radius 2 is 1.93 bits per heavy atom. The van der Waals surface area contributed by atoms with Gasteiger partial charge in [-0.1, -0.05) is 47.6 Å². The zero-order valence-electron chi connectivity index (χ0n) is 15.9. The SMILES string of the molecule is N=C1C(=Cc2ccc(OCCCOc3ccccc3)c(Cl)c2)C(=O)N=C2SC=CN12. The van der Waals surface area contributed by atoms with Crippen LogP contribution in [0.15, 0.2) is 70.7 Å². The van der Waals surface area contributed by atoms with Crippen molar-refractivity contribution in [3.05, 3.63) is 76.3 Å². The smallest absolute Gasteiger partial charge is 0.283 e. The molecular formula is C22H18ClN3O3S. The number of nitrogens with zero attached hydrogens (tertiary/aromatic N) is 2. The minimum atomic E-state index is -0.433. The van der Waals surface area contributed by atoms with E-state index in [-0.39, 0.29) is 11.4 Å². The molecule has 0 unspecified atom stereocenters. The van der Waals surface area contributed by atoms with Crippen molar-refractivity contribution in [2.24, 2.45) is 4.99 Å². The first kappa shape index (κ1) is 20.3. The van der Waals surface area contributed by atoms with E-state index < -0.39 is 5.91 Å². The van der Waals surface area contributed by atoms with Crippen LogP contribution in [0.25, 0.3) is 6.08 Å². The number of benzene rings is 2. The highest BCUT2D eigenvalue weighted by atomic mass is 35.5. The largest absolute Gasteiger partial charge is 0.493 e. The third-order valence-electron chi connectivity index (χ3n) is 4.34. The van der Waals surface area contributed by atoms with Crippen LogP contribution in [-0.4, -0.2) is 35.0 Å². The van der Waals surface area contributed by atoms with Gasteiger partial charge >= 0.3 is 0 Å². The summed E-state index contributed by atoms with van der Waals surface area (Å²) in [5.41, 5.74) is 0.913. The third-order valence-corrected chi connectivity index (χ3v) is 5.39. The monoisotopic (exact) mass is 439 g/mol. The van der Waals surface area contributed by atoms with Crippen molar-refractivity contribution in [1.29, 1.82) is 5.41 Å². The fourth-order valence-electron chi connectivity index (χ4n) is 2.87. The Hall–Kier alpha value is -3.03. The van der Waals surface area contributed by atoms with Crippen molar-refractivity contribution in [1.82, 2.24) is 4.90 Å². The third kappa shape index (κ3) is 4.58. The summed E-state index contributed by atoms with van der Waals surface area (Å²) in [6.45, 7) is 1.01. The highest BCUT2D eigenvalue weighted by Crippen LogP contribution is 2.30. The van der Waals surface area contributed by atoms with E-state index in [0.717, 1.165) is 5.75 Å². The van der Waals surface area contributed by atoms with Crippen LogP contribution in [0, 0.1) is 5.41 Å². The Morgan fingerprint density at radius 3 is 2.73 bits per heavy atom. The van der Waals surface area contributed by atoms with E-state index in [1.807, 2.05) is 30.3 Å². The second kappa shape index (κ2) is 9.19. The lowest BCUT2D eigenvalue weighted by molar-refractivity contribution is -0.114. The van der Waals surface area contributed by atoms with Crippen LogP contribution >= 0.6 is 23.4 Å². The fraction of sp³-hybridized carbons (Fsp3) is 0.136. The van der Waals surface area contributed by atoms with Crippen LogP contribution in [0.1, 0.15) is 12.0 Å². The molecule has 6 nitrogen and oxygen atoms in total. The molecule has 0 bridgehead atoms. The molecule has 0 spiro atoms. The van der Waals surface area contributed by atoms with Gasteiger partial charge in [0.1, 0.15) is 17.3 Å². The van der Waals surface area contributed by atoms with Gasteiger partial charge < -0.3 is 9.47 Å². The summed E-state index contributed by atoms with van der Waals surface area (Å²) in [5.74, 6) is 1.05. The molecule has 152 valence electrons. The van der Waals surface area contributed by atoms with Crippen molar-refractivity contribution in [3.8, 4) is 11.5 Å². The van der Waals surface area contributed by atoms with Crippen molar-refractivity contribution in [3.63, 3.8) is 0 Å². The van der Waals surface area contributed by atoms with Crippen molar-refractivity contribution < 1.29 is 14.3 Å². The molecule has 1 amide bonds. The Morgan fingerprint density at radius 1 is 1.13 bits per heavy atom. The van der Waals surface area contributed by atoms with Crippen LogP contribution in [0.5, 0.6) is 11.5 Å². The highest BCUT2D eigenvalue weighted by Gasteiger charge is 2.30. The maximum Gasteiger partial charge on any atom is 0.283 e. The van der Waals surface area contributed by atoms with Crippen LogP contribution in [0.2, 0.25) is 5.02 Å². The molecular weight excluding hydrogens is 422 g/mol. The Labute approximate surface area is 183 Å². The highest BCUT2D eigenvalue weighted by molar-refractivity contribution is 8.16. The second-order valence-corrected chi connectivity index (χ2v) is 7.71. The Bertz CT molecular complexity index is 1070. The molecule has 4 rings (SSSR count). The number of hydrogen-bond acceptors (Lipinski definition) is 5. The van der Waals surface area contributed by atoms with Gasteiger partial charge in [0.2, 0.25) is 0 Å². The molecule has 2 heterocycles. The number of amidine groups is 2. The summed E-state index contributed by atoms with van der Waals surface area (Å²) in [6, 6.07) is 14.9. The number of nitrogens with one attached hydrogen (secondary N) is 1. The van der Waals surface area contributed by atoms with Crippen LogP contribution in [0.4, 0.5) is 0 Å². The van der Waals surface area contributed by atoms with Gasteiger partial charge in [-0.3, -0.25) is 15.1 Å². The predicted molar refractivity (Wildman–Crippen MR) is 120 cm³/mol. The minimum Gasteiger partial charge on any atom is -0.493 e. The van der Waals surface area contributed by atoms with Gasteiger partial charge in [0, 0.05) is 12.6 Å². The number of carbonyl (C=O) groups is 1. The van der Waals surface area contributed by atoms with Gasteiger partial charge in [-0.25, -0.2) is 0 Å². The Kier molecular flexibility index (Phi) is 6.21. The zero-order chi connectivity index (χ0) is 20.9. The van der Waals surface area contributed by atoms with E-state index in [1.165, 1.54) is 11.8 Å². The van der Waals surface area contributed by atoms with Gasteiger partial charge in [0.15, 0.2) is 5.17 Å². The molecule has 8 heteroatoms. The second-order valence-electron chi connectivity index (χ2n) is 6.43. The number of amides is 1. The van der Waals surface area contributed by atoms with Crippen molar-refractivity contribution in [2.45, 2.75) is 6.42 Å². The quantitative estimate of drug-likeness (QED) is 0.487. The average molecular weight is 440 g/mol. The van der Waals surface area contributed by atoms with Crippen LogP contribution < -0.4 is 9.47 Å². The first-order valence-corrected chi connectivity index (χ1v) is 10.5. The van der Waals surface area contributed by atoms with E-state index in [4.69, 9.17) is 26.5 Å². The molecule has 2 aromatic carbocycles. The molecule has 0 saturated heterocycles. The number of rotatable bonds is 7. The standard InChI is InChI=1S/C22H18ClN3O3S/c23-18-14-15(13-17-20(24)26-9-12-30-22(26)25-21(17)27)7-8-19(18)29-11-4-10-28-16-5-2-1-3-6-16/h1-3,5-9,12-14,24H,4,10-11H2. The fourth-order valence-corrected chi connectivity index (χ4v) is 3.82. The molecule has 0 atom stereocenters. The number of fused-ring (bicyclic) bond motifs is 1. The number of hydrogen-bond donors (Lipinski definition) is 1. The number of halogens is 1. The normalized spacial score (nSPS) is 16.6. The topological polar surface area (TPSA) is 75.0 Å². The van der Waals surface area contributed by atoms with Gasteiger partial charge in [0.05, 0.1) is 23.8 Å². The van der Waals surface area contributed by atoms with E-state index in [2.05, 4.69) is 4.99 Å². The van der Waals surface area contributed by atoms with Gasteiger partial charge in [0.25, 0.3) is 5.91 Å².